The van der Waals surface area contributed by atoms with E-state index < -0.39 is 34.6 Å². The maximum Gasteiger partial charge on any atom is 0.408 e. The number of alkyl carbamates (subject to hydrolysis) is 1. The van der Waals surface area contributed by atoms with Crippen molar-refractivity contribution >= 4 is 17.7 Å². The molecule has 9 nitrogen and oxygen atoms in total. The lowest BCUT2D eigenvalue weighted by Crippen LogP contribution is -2.57. The van der Waals surface area contributed by atoms with E-state index in [0.29, 0.717) is 17.0 Å². The largest absolute Gasteiger partial charge is 0.497 e. The molecule has 0 saturated heterocycles. The van der Waals surface area contributed by atoms with Gasteiger partial charge in [0.2, 0.25) is 12.1 Å². The highest BCUT2D eigenvalue weighted by Gasteiger charge is 2.55. The Balaban J connectivity index is 2.54. The minimum atomic E-state index is -1.86. The van der Waals surface area contributed by atoms with Crippen LogP contribution < -0.4 is 15.0 Å². The molecule has 0 bridgehead atoms. The highest BCUT2D eigenvalue weighted by molar-refractivity contribution is 6.09. The first-order valence-electron chi connectivity index (χ1n) is 7.60. The summed E-state index contributed by atoms with van der Waals surface area (Å²) in [6.45, 7) is 4.17. The number of methoxy groups -OCH3 is 1. The Hall–Kier alpha value is -2.84. The molecule has 0 saturated carbocycles. The molecule has 1 aromatic rings. The van der Waals surface area contributed by atoms with Gasteiger partial charge in [0.1, 0.15) is 11.4 Å². The molecule has 1 aliphatic rings. The van der Waals surface area contributed by atoms with Crippen molar-refractivity contribution < 1.29 is 24.0 Å². The minimum absolute atomic E-state index is 0.293. The molecule has 9 heteroatoms. The number of carbonyl (C=O) groups excluding carboxylic acids is 2. The van der Waals surface area contributed by atoms with Crippen molar-refractivity contribution in [3.63, 3.8) is 0 Å². The molecule has 0 spiro atoms. The summed E-state index contributed by atoms with van der Waals surface area (Å²) < 4.78 is 10.3. The van der Waals surface area contributed by atoms with Gasteiger partial charge < -0.3 is 14.4 Å². The van der Waals surface area contributed by atoms with Crippen molar-refractivity contribution in [2.24, 2.45) is 0 Å². The Labute approximate surface area is 145 Å². The lowest BCUT2D eigenvalue weighted by Gasteiger charge is -2.28. The fourth-order valence-corrected chi connectivity index (χ4v) is 2.77. The van der Waals surface area contributed by atoms with Crippen molar-refractivity contribution in [3.8, 4) is 5.75 Å². The normalized spacial score (nSPS) is 19.4. The second-order valence-corrected chi connectivity index (χ2v) is 6.77. The first kappa shape index (κ1) is 18.5. The first-order valence-corrected chi connectivity index (χ1v) is 7.60. The summed E-state index contributed by atoms with van der Waals surface area (Å²) in [5.41, 5.74) is -1.92. The van der Waals surface area contributed by atoms with Gasteiger partial charge in [0.05, 0.1) is 12.8 Å². The standard InChI is InChI=1S/C16H21N3O6/c1-15(2,3)25-14(21)17-16(9-19(22)23)11-8-10(24-5)6-7-12(11)18(4)13(16)20/h6-8H,9H2,1-5H3,(H,17,21)/t16-/m0/s1. The number of nitrogens with zero attached hydrogens (tertiary/aromatic N) is 2. The first-order chi connectivity index (χ1) is 11.5. The Morgan fingerprint density at radius 2 is 2.04 bits per heavy atom. The topological polar surface area (TPSA) is 111 Å². The molecule has 1 atom stereocenters. The van der Waals surface area contributed by atoms with Gasteiger partial charge >= 0.3 is 6.09 Å². The van der Waals surface area contributed by atoms with Crippen LogP contribution in [-0.4, -0.2) is 43.2 Å². The number of anilines is 1. The summed E-state index contributed by atoms with van der Waals surface area (Å²) in [7, 11) is 2.94. The second kappa shape index (κ2) is 6.23. The van der Waals surface area contributed by atoms with Crippen LogP contribution in [0.1, 0.15) is 26.3 Å². The molecule has 2 rings (SSSR count). The number of carbonyl (C=O) groups is 2. The number of likely N-dealkylation sites (N-methyl/N-ethyl adjacent to an activating group) is 1. The van der Waals surface area contributed by atoms with Crippen LogP contribution in [0.2, 0.25) is 0 Å². The van der Waals surface area contributed by atoms with Gasteiger partial charge in [0.25, 0.3) is 5.91 Å². The molecule has 1 aromatic carbocycles. The van der Waals surface area contributed by atoms with Crippen molar-refractivity contribution in [1.29, 1.82) is 0 Å². The number of amides is 2. The molecule has 0 fully saturated rings. The van der Waals surface area contributed by atoms with E-state index in [1.165, 1.54) is 25.1 Å². The molecule has 2 amide bonds. The predicted molar refractivity (Wildman–Crippen MR) is 89.3 cm³/mol. The highest BCUT2D eigenvalue weighted by atomic mass is 16.6. The number of fused-ring (bicyclic) bond motifs is 1. The van der Waals surface area contributed by atoms with Gasteiger partial charge in [-0.25, -0.2) is 4.79 Å². The van der Waals surface area contributed by atoms with Crippen LogP contribution in [-0.2, 0) is 15.1 Å². The fraction of sp³-hybridized carbons (Fsp3) is 0.500. The van der Waals surface area contributed by atoms with E-state index in [2.05, 4.69) is 5.32 Å². The van der Waals surface area contributed by atoms with E-state index in [1.54, 1.807) is 32.9 Å². The Morgan fingerprint density at radius 1 is 1.40 bits per heavy atom. The van der Waals surface area contributed by atoms with Crippen LogP contribution in [0.15, 0.2) is 18.2 Å². The van der Waals surface area contributed by atoms with E-state index in [-0.39, 0.29) is 0 Å². The number of rotatable bonds is 4. The number of hydrogen-bond acceptors (Lipinski definition) is 6. The SMILES string of the molecule is COc1ccc2c(c1)[C@](C[N+](=O)[O-])(NC(=O)OC(C)(C)C)C(=O)N2C. The lowest BCUT2D eigenvalue weighted by molar-refractivity contribution is -0.488. The number of benzene rings is 1. The summed E-state index contributed by atoms with van der Waals surface area (Å²) in [6, 6.07) is 4.76. The molecular weight excluding hydrogens is 330 g/mol. The summed E-state index contributed by atoms with van der Waals surface area (Å²) in [4.78, 5) is 37.0. The monoisotopic (exact) mass is 351 g/mol. The quantitative estimate of drug-likeness (QED) is 0.652. The molecule has 1 heterocycles. The average Bonchev–Trinajstić information content (AvgIpc) is 2.67. The maximum atomic E-state index is 12.8. The number of hydrogen-bond donors (Lipinski definition) is 1. The zero-order valence-corrected chi connectivity index (χ0v) is 14.8. The van der Waals surface area contributed by atoms with Gasteiger partial charge in [-0.1, -0.05) is 0 Å². The number of nitro groups is 1. The molecule has 0 aromatic heterocycles. The third-order valence-electron chi connectivity index (χ3n) is 3.78. The molecular formula is C16H21N3O6. The summed E-state index contributed by atoms with van der Waals surface area (Å²) in [5, 5.41) is 13.7. The fourth-order valence-electron chi connectivity index (χ4n) is 2.77. The van der Waals surface area contributed by atoms with Crippen molar-refractivity contribution in [2.75, 3.05) is 25.6 Å². The summed E-state index contributed by atoms with van der Waals surface area (Å²) >= 11 is 0. The van der Waals surface area contributed by atoms with Gasteiger partial charge in [-0.15, -0.1) is 0 Å². The third-order valence-corrected chi connectivity index (χ3v) is 3.78. The highest BCUT2D eigenvalue weighted by Crippen LogP contribution is 2.41. The Bertz CT molecular complexity index is 727. The summed E-state index contributed by atoms with van der Waals surface area (Å²) in [6.07, 6.45) is -0.910. The van der Waals surface area contributed by atoms with Gasteiger partial charge in [0.15, 0.2) is 0 Å². The van der Waals surface area contributed by atoms with Crippen LogP contribution >= 0.6 is 0 Å². The van der Waals surface area contributed by atoms with Crippen LogP contribution in [0.4, 0.5) is 10.5 Å². The number of nitrogens with one attached hydrogen (secondary N) is 1. The lowest BCUT2D eigenvalue weighted by atomic mass is 9.91. The van der Waals surface area contributed by atoms with Gasteiger partial charge in [-0.05, 0) is 39.0 Å². The van der Waals surface area contributed by atoms with Gasteiger partial charge in [-0.2, -0.15) is 0 Å². The Kier molecular flexibility index (Phi) is 4.61. The molecule has 0 unspecified atom stereocenters. The zero-order chi connectivity index (χ0) is 19.0. The minimum Gasteiger partial charge on any atom is -0.497 e. The van der Waals surface area contributed by atoms with Crippen LogP contribution in [0.25, 0.3) is 0 Å². The zero-order valence-electron chi connectivity index (χ0n) is 14.8. The number of ether oxygens (including phenoxy) is 2. The molecule has 25 heavy (non-hydrogen) atoms. The second-order valence-electron chi connectivity index (χ2n) is 6.77. The van der Waals surface area contributed by atoms with Gasteiger partial charge in [-0.3, -0.25) is 20.2 Å². The van der Waals surface area contributed by atoms with Crippen molar-refractivity contribution in [1.82, 2.24) is 5.32 Å². The van der Waals surface area contributed by atoms with Crippen molar-refractivity contribution in [2.45, 2.75) is 31.9 Å². The predicted octanol–water partition coefficient (Wildman–Crippen LogP) is 1.67. The van der Waals surface area contributed by atoms with Gasteiger partial charge in [0, 0.05) is 17.5 Å². The molecule has 0 aliphatic carbocycles. The van der Waals surface area contributed by atoms with E-state index in [9.17, 15) is 19.7 Å². The van der Waals surface area contributed by atoms with E-state index >= 15 is 0 Å². The molecule has 136 valence electrons. The van der Waals surface area contributed by atoms with E-state index in [0.717, 1.165) is 0 Å². The van der Waals surface area contributed by atoms with Crippen LogP contribution in [0.5, 0.6) is 5.75 Å². The third kappa shape index (κ3) is 3.49. The molecule has 1 aliphatic heterocycles. The van der Waals surface area contributed by atoms with E-state index in [4.69, 9.17) is 9.47 Å². The van der Waals surface area contributed by atoms with Crippen molar-refractivity contribution in [3.05, 3.63) is 33.9 Å². The molecule has 0 radical (unpaired) electrons. The average molecular weight is 351 g/mol. The van der Waals surface area contributed by atoms with Crippen LogP contribution in [0, 0.1) is 10.1 Å². The van der Waals surface area contributed by atoms with Crippen LogP contribution in [0.3, 0.4) is 0 Å². The molecule has 1 N–H and O–H groups in total. The summed E-state index contributed by atoms with van der Waals surface area (Å²) in [5.74, 6) is -0.195. The Morgan fingerprint density at radius 3 is 2.56 bits per heavy atom. The van der Waals surface area contributed by atoms with E-state index in [1.807, 2.05) is 0 Å². The maximum absolute atomic E-state index is 12.8. The smallest absolute Gasteiger partial charge is 0.408 e.